The molecule has 0 unspecified atom stereocenters. The topological polar surface area (TPSA) is 56.7 Å². The second-order valence-corrected chi connectivity index (χ2v) is 4.80. The number of aryl methyl sites for hydroxylation is 2. The molecular formula is C15H16N4. The fourth-order valence-corrected chi connectivity index (χ4v) is 2.38. The van der Waals surface area contributed by atoms with Crippen LogP contribution in [0.5, 0.6) is 0 Å². The maximum atomic E-state index is 5.99. The summed E-state index contributed by atoms with van der Waals surface area (Å²) >= 11 is 0. The van der Waals surface area contributed by atoms with Gasteiger partial charge >= 0.3 is 0 Å². The summed E-state index contributed by atoms with van der Waals surface area (Å²) in [5, 5.41) is 5.49. The van der Waals surface area contributed by atoms with Crippen LogP contribution in [-0.2, 0) is 6.54 Å². The first-order chi connectivity index (χ1) is 9.15. The van der Waals surface area contributed by atoms with Crippen LogP contribution in [0.3, 0.4) is 0 Å². The summed E-state index contributed by atoms with van der Waals surface area (Å²) in [5.74, 6) is 0. The highest BCUT2D eigenvalue weighted by Gasteiger charge is 2.08. The molecule has 0 spiro atoms. The molecule has 0 aliphatic carbocycles. The van der Waals surface area contributed by atoms with Gasteiger partial charge in [0.25, 0.3) is 0 Å². The Labute approximate surface area is 111 Å². The van der Waals surface area contributed by atoms with Gasteiger partial charge in [0, 0.05) is 23.0 Å². The first-order valence-corrected chi connectivity index (χ1v) is 6.28. The van der Waals surface area contributed by atoms with Crippen LogP contribution in [0, 0.1) is 13.8 Å². The molecule has 0 fully saturated rings. The third kappa shape index (κ3) is 2.05. The van der Waals surface area contributed by atoms with Crippen molar-refractivity contribution in [3.8, 4) is 0 Å². The van der Waals surface area contributed by atoms with E-state index in [4.69, 9.17) is 5.73 Å². The predicted molar refractivity (Wildman–Crippen MR) is 77.0 cm³/mol. The van der Waals surface area contributed by atoms with Crippen molar-refractivity contribution < 1.29 is 0 Å². The van der Waals surface area contributed by atoms with Crippen molar-refractivity contribution in [2.45, 2.75) is 20.4 Å². The van der Waals surface area contributed by atoms with Crippen LogP contribution in [0.2, 0.25) is 0 Å². The Hall–Kier alpha value is -2.36. The maximum absolute atomic E-state index is 5.99. The largest absolute Gasteiger partial charge is 0.398 e. The Bertz CT molecular complexity index is 743. The first-order valence-electron chi connectivity index (χ1n) is 6.28. The average Bonchev–Trinajstić information content (AvgIpc) is 2.72. The summed E-state index contributed by atoms with van der Waals surface area (Å²) in [4.78, 5) is 4.45. The number of hydrogen-bond acceptors (Lipinski definition) is 3. The number of hydrogen-bond donors (Lipinski definition) is 1. The van der Waals surface area contributed by atoms with Gasteiger partial charge in [0.15, 0.2) is 0 Å². The molecule has 2 heterocycles. The molecule has 0 saturated heterocycles. The fourth-order valence-electron chi connectivity index (χ4n) is 2.38. The number of nitrogens with zero attached hydrogens (tertiary/aromatic N) is 3. The molecule has 0 amide bonds. The lowest BCUT2D eigenvalue weighted by Crippen LogP contribution is -2.05. The van der Waals surface area contributed by atoms with Gasteiger partial charge in [-0.05, 0) is 43.7 Å². The van der Waals surface area contributed by atoms with Crippen molar-refractivity contribution in [2.24, 2.45) is 0 Å². The second-order valence-electron chi connectivity index (χ2n) is 4.80. The number of anilines is 1. The maximum Gasteiger partial charge on any atom is 0.0773 e. The smallest absolute Gasteiger partial charge is 0.0773 e. The average molecular weight is 252 g/mol. The molecule has 2 aromatic heterocycles. The highest BCUT2D eigenvalue weighted by molar-refractivity contribution is 5.92. The molecule has 0 aliphatic rings. The monoisotopic (exact) mass is 252 g/mol. The highest BCUT2D eigenvalue weighted by atomic mass is 15.3. The summed E-state index contributed by atoms with van der Waals surface area (Å²) in [6, 6.07) is 9.95. The Balaban J connectivity index is 2.11. The van der Waals surface area contributed by atoms with E-state index >= 15 is 0 Å². The standard InChI is InChI=1S/C15H16N4/c1-10-8-11(2)19(18-10)9-12-5-6-14(16)13-4-3-7-17-15(12)13/h3-8H,9,16H2,1-2H3. The summed E-state index contributed by atoms with van der Waals surface area (Å²) in [5.41, 5.74) is 11.0. The molecule has 2 N–H and O–H groups in total. The van der Waals surface area contributed by atoms with E-state index in [1.165, 1.54) is 0 Å². The normalized spacial score (nSPS) is 11.1. The molecule has 4 heteroatoms. The molecule has 3 aromatic rings. The van der Waals surface area contributed by atoms with Crippen LogP contribution in [0.15, 0.2) is 36.5 Å². The van der Waals surface area contributed by atoms with Crippen LogP contribution >= 0.6 is 0 Å². The second kappa shape index (κ2) is 4.39. The number of benzene rings is 1. The Morgan fingerprint density at radius 3 is 2.79 bits per heavy atom. The van der Waals surface area contributed by atoms with Gasteiger partial charge in [-0.1, -0.05) is 6.07 Å². The molecule has 96 valence electrons. The van der Waals surface area contributed by atoms with Crippen molar-refractivity contribution in [3.63, 3.8) is 0 Å². The van der Waals surface area contributed by atoms with Crippen molar-refractivity contribution in [2.75, 3.05) is 5.73 Å². The Kier molecular flexibility index (Phi) is 2.71. The van der Waals surface area contributed by atoms with Crippen LogP contribution in [0.25, 0.3) is 10.9 Å². The van der Waals surface area contributed by atoms with E-state index in [9.17, 15) is 0 Å². The zero-order valence-electron chi connectivity index (χ0n) is 11.1. The number of nitrogen functional groups attached to an aromatic ring is 1. The van der Waals surface area contributed by atoms with Gasteiger partial charge in [0.2, 0.25) is 0 Å². The molecule has 1 aromatic carbocycles. The van der Waals surface area contributed by atoms with E-state index in [0.29, 0.717) is 6.54 Å². The quantitative estimate of drug-likeness (QED) is 0.713. The van der Waals surface area contributed by atoms with Crippen molar-refractivity contribution in [1.82, 2.24) is 14.8 Å². The van der Waals surface area contributed by atoms with Gasteiger partial charge in [-0.15, -0.1) is 0 Å². The summed E-state index contributed by atoms with van der Waals surface area (Å²) in [7, 11) is 0. The van der Waals surface area contributed by atoms with Crippen molar-refractivity contribution >= 4 is 16.6 Å². The van der Waals surface area contributed by atoms with E-state index in [1.54, 1.807) is 6.20 Å². The first kappa shape index (κ1) is 11.7. The van der Waals surface area contributed by atoms with Crippen molar-refractivity contribution in [3.05, 3.63) is 53.5 Å². The van der Waals surface area contributed by atoms with Gasteiger partial charge in [-0.25, -0.2) is 0 Å². The minimum absolute atomic E-state index is 0.716. The summed E-state index contributed by atoms with van der Waals surface area (Å²) in [6.45, 7) is 4.78. The highest BCUT2D eigenvalue weighted by Crippen LogP contribution is 2.23. The van der Waals surface area contributed by atoms with Crippen LogP contribution in [0.4, 0.5) is 5.69 Å². The minimum atomic E-state index is 0.716. The molecule has 0 aliphatic heterocycles. The van der Waals surface area contributed by atoms with E-state index in [-0.39, 0.29) is 0 Å². The molecule has 3 rings (SSSR count). The van der Waals surface area contributed by atoms with E-state index < -0.39 is 0 Å². The van der Waals surface area contributed by atoms with E-state index in [2.05, 4.69) is 23.1 Å². The van der Waals surface area contributed by atoms with E-state index in [0.717, 1.165) is 33.5 Å². The molecule has 0 radical (unpaired) electrons. The number of pyridine rings is 1. The lowest BCUT2D eigenvalue weighted by atomic mass is 10.1. The van der Waals surface area contributed by atoms with Gasteiger partial charge in [-0.3, -0.25) is 9.67 Å². The number of rotatable bonds is 2. The minimum Gasteiger partial charge on any atom is -0.398 e. The number of nitrogens with two attached hydrogens (primary N) is 1. The molecule has 0 atom stereocenters. The van der Waals surface area contributed by atoms with Gasteiger partial charge in [-0.2, -0.15) is 5.10 Å². The Morgan fingerprint density at radius 2 is 2.05 bits per heavy atom. The SMILES string of the molecule is Cc1cc(C)n(Cc2ccc(N)c3cccnc23)n1. The molecular weight excluding hydrogens is 236 g/mol. The van der Waals surface area contributed by atoms with Crippen molar-refractivity contribution in [1.29, 1.82) is 0 Å². The van der Waals surface area contributed by atoms with Gasteiger partial charge < -0.3 is 5.73 Å². The van der Waals surface area contributed by atoms with Crippen LogP contribution < -0.4 is 5.73 Å². The van der Waals surface area contributed by atoms with Crippen LogP contribution in [-0.4, -0.2) is 14.8 Å². The van der Waals surface area contributed by atoms with Gasteiger partial charge in [0.05, 0.1) is 17.8 Å². The Morgan fingerprint density at radius 1 is 1.21 bits per heavy atom. The summed E-state index contributed by atoms with van der Waals surface area (Å²) < 4.78 is 2.00. The molecule has 19 heavy (non-hydrogen) atoms. The lowest BCUT2D eigenvalue weighted by molar-refractivity contribution is 0.661. The zero-order valence-corrected chi connectivity index (χ0v) is 11.1. The molecule has 0 saturated carbocycles. The third-order valence-electron chi connectivity index (χ3n) is 3.31. The summed E-state index contributed by atoms with van der Waals surface area (Å²) in [6.07, 6.45) is 1.80. The van der Waals surface area contributed by atoms with Crippen LogP contribution in [0.1, 0.15) is 17.0 Å². The number of fused-ring (bicyclic) bond motifs is 1. The van der Waals surface area contributed by atoms with Gasteiger partial charge in [0.1, 0.15) is 0 Å². The van der Waals surface area contributed by atoms with E-state index in [1.807, 2.05) is 35.9 Å². The molecule has 4 nitrogen and oxygen atoms in total. The predicted octanol–water partition coefficient (Wildman–Crippen LogP) is 2.68. The third-order valence-corrected chi connectivity index (χ3v) is 3.31. The fraction of sp³-hybridized carbons (Fsp3) is 0.200. The number of aromatic nitrogens is 3. The zero-order chi connectivity index (χ0) is 13.4. The lowest BCUT2D eigenvalue weighted by Gasteiger charge is -2.09. The molecule has 0 bridgehead atoms.